The number of rotatable bonds is 5. The van der Waals surface area contributed by atoms with Gasteiger partial charge < -0.3 is 5.84 Å². The summed E-state index contributed by atoms with van der Waals surface area (Å²) < 4.78 is 1.31. The number of nitrogens with two attached hydrogens (primary N) is 1. The van der Waals surface area contributed by atoms with Crippen LogP contribution in [0.25, 0.3) is 11.4 Å². The second kappa shape index (κ2) is 8.77. The zero-order chi connectivity index (χ0) is 20.1. The van der Waals surface area contributed by atoms with Gasteiger partial charge in [0.1, 0.15) is 0 Å². The predicted octanol–water partition coefficient (Wildman–Crippen LogP) is 2.25. The summed E-state index contributed by atoms with van der Waals surface area (Å²) in [5, 5.41) is 8.49. The summed E-state index contributed by atoms with van der Waals surface area (Å²) in [6, 6.07) is 15.6. The molecule has 0 aliphatic carbocycles. The topological polar surface area (TPSA) is 115 Å². The second-order valence-corrected chi connectivity index (χ2v) is 7.50. The summed E-state index contributed by atoms with van der Waals surface area (Å²) in [7, 11) is 0. The van der Waals surface area contributed by atoms with Gasteiger partial charge in [-0.1, -0.05) is 41.6 Å². The van der Waals surface area contributed by atoms with E-state index in [9.17, 15) is 9.59 Å². The van der Waals surface area contributed by atoms with Crippen LogP contribution in [0.15, 0.2) is 59.8 Å². The van der Waals surface area contributed by atoms with E-state index in [0.717, 1.165) is 17.3 Å². The van der Waals surface area contributed by atoms with Gasteiger partial charge in [0.05, 0.1) is 5.25 Å². The van der Waals surface area contributed by atoms with Crippen molar-refractivity contribution in [3.05, 3.63) is 65.2 Å². The van der Waals surface area contributed by atoms with Gasteiger partial charge >= 0.3 is 0 Å². The van der Waals surface area contributed by atoms with Crippen molar-refractivity contribution in [2.24, 2.45) is 0 Å². The molecule has 1 aromatic heterocycles. The molecule has 0 radical (unpaired) electrons. The van der Waals surface area contributed by atoms with Crippen LogP contribution >= 0.6 is 23.4 Å². The zero-order valence-corrected chi connectivity index (χ0v) is 16.4. The van der Waals surface area contributed by atoms with Crippen LogP contribution in [-0.2, 0) is 4.79 Å². The van der Waals surface area contributed by atoms with Crippen molar-refractivity contribution < 1.29 is 9.59 Å². The number of halogens is 1. The van der Waals surface area contributed by atoms with Crippen molar-refractivity contribution in [3.63, 3.8) is 0 Å². The minimum Gasteiger partial charge on any atom is -0.335 e. The standard InChI is InChI=1S/C18H17ClN6O2S/c1-11(16(26)22-23-17(27)13-5-3-2-4-6-13)28-18-24-21-15(25(18)20)12-7-9-14(19)10-8-12/h2-11H,20H2,1H3,(H,22,26)(H,23,27)/t11-/m1/s1. The van der Waals surface area contributed by atoms with Gasteiger partial charge in [0, 0.05) is 16.1 Å². The monoisotopic (exact) mass is 416 g/mol. The first-order valence-electron chi connectivity index (χ1n) is 8.24. The number of carbonyl (C=O) groups is 2. The Morgan fingerprint density at radius 2 is 1.75 bits per heavy atom. The van der Waals surface area contributed by atoms with E-state index in [4.69, 9.17) is 17.4 Å². The molecule has 10 heteroatoms. The van der Waals surface area contributed by atoms with Crippen molar-refractivity contribution in [3.8, 4) is 11.4 Å². The van der Waals surface area contributed by atoms with Crippen LogP contribution in [0.4, 0.5) is 0 Å². The van der Waals surface area contributed by atoms with Gasteiger partial charge in [-0.3, -0.25) is 20.4 Å². The normalized spacial score (nSPS) is 11.6. The van der Waals surface area contributed by atoms with E-state index >= 15 is 0 Å². The molecule has 0 saturated carbocycles. The van der Waals surface area contributed by atoms with Gasteiger partial charge in [-0.05, 0) is 43.3 Å². The molecule has 1 atom stereocenters. The van der Waals surface area contributed by atoms with E-state index in [2.05, 4.69) is 21.0 Å². The maximum Gasteiger partial charge on any atom is 0.269 e. The third kappa shape index (κ3) is 4.62. The molecule has 0 fully saturated rings. The van der Waals surface area contributed by atoms with E-state index in [-0.39, 0.29) is 0 Å². The third-order valence-electron chi connectivity index (χ3n) is 3.75. The highest BCUT2D eigenvalue weighted by Crippen LogP contribution is 2.25. The fraction of sp³-hybridized carbons (Fsp3) is 0.111. The number of benzene rings is 2. The summed E-state index contributed by atoms with van der Waals surface area (Å²) in [5.74, 6) is 5.70. The molecule has 4 N–H and O–H groups in total. The quantitative estimate of drug-likeness (QED) is 0.334. The molecule has 3 aromatic rings. The maximum absolute atomic E-state index is 12.2. The van der Waals surface area contributed by atoms with Gasteiger partial charge in [-0.15, -0.1) is 10.2 Å². The Balaban J connectivity index is 1.60. The van der Waals surface area contributed by atoms with Crippen molar-refractivity contribution in [2.75, 3.05) is 5.84 Å². The van der Waals surface area contributed by atoms with E-state index in [1.807, 2.05) is 0 Å². The zero-order valence-electron chi connectivity index (χ0n) is 14.8. The minimum atomic E-state index is -0.569. The third-order valence-corrected chi connectivity index (χ3v) is 5.06. The number of nitrogens with zero attached hydrogens (tertiary/aromatic N) is 3. The van der Waals surface area contributed by atoms with Crippen LogP contribution < -0.4 is 16.7 Å². The van der Waals surface area contributed by atoms with Crippen LogP contribution in [-0.4, -0.2) is 31.9 Å². The molecule has 2 amide bonds. The summed E-state index contributed by atoms with van der Waals surface area (Å²) >= 11 is 7.01. The molecule has 0 spiro atoms. The lowest BCUT2D eigenvalue weighted by molar-refractivity contribution is -0.121. The Kier molecular flexibility index (Phi) is 6.17. The Labute approximate surface area is 170 Å². The number of thioether (sulfide) groups is 1. The Morgan fingerprint density at radius 1 is 1.07 bits per heavy atom. The smallest absolute Gasteiger partial charge is 0.269 e. The van der Waals surface area contributed by atoms with Crippen LogP contribution in [0.2, 0.25) is 5.02 Å². The fourth-order valence-corrected chi connectivity index (χ4v) is 3.14. The SMILES string of the molecule is C[C@@H](Sc1nnc(-c2ccc(Cl)cc2)n1N)C(=O)NNC(=O)c1ccccc1. The van der Waals surface area contributed by atoms with Gasteiger partial charge in [0.15, 0.2) is 5.82 Å². The van der Waals surface area contributed by atoms with E-state index < -0.39 is 17.1 Å². The van der Waals surface area contributed by atoms with E-state index in [0.29, 0.717) is 21.6 Å². The minimum absolute atomic E-state index is 0.363. The molecule has 8 nitrogen and oxygen atoms in total. The van der Waals surface area contributed by atoms with Crippen molar-refractivity contribution in [2.45, 2.75) is 17.3 Å². The summed E-state index contributed by atoms with van der Waals surface area (Å²) in [4.78, 5) is 24.2. The van der Waals surface area contributed by atoms with Crippen molar-refractivity contribution in [1.82, 2.24) is 25.7 Å². The largest absolute Gasteiger partial charge is 0.335 e. The molecule has 0 aliphatic rings. The molecule has 3 rings (SSSR count). The lowest BCUT2D eigenvalue weighted by atomic mass is 10.2. The molecular weight excluding hydrogens is 400 g/mol. The van der Waals surface area contributed by atoms with Crippen molar-refractivity contribution >= 4 is 35.2 Å². The average Bonchev–Trinajstić information content (AvgIpc) is 3.07. The highest BCUT2D eigenvalue weighted by atomic mass is 35.5. The van der Waals surface area contributed by atoms with Crippen LogP contribution in [0.3, 0.4) is 0 Å². The molecule has 0 unspecified atom stereocenters. The van der Waals surface area contributed by atoms with Crippen molar-refractivity contribution in [1.29, 1.82) is 0 Å². The van der Waals surface area contributed by atoms with Gasteiger partial charge in [0.25, 0.3) is 11.8 Å². The van der Waals surface area contributed by atoms with Crippen LogP contribution in [0, 0.1) is 0 Å². The number of amides is 2. The molecule has 1 heterocycles. The lowest BCUT2D eigenvalue weighted by Gasteiger charge is -2.12. The first-order valence-corrected chi connectivity index (χ1v) is 9.50. The molecule has 2 aromatic carbocycles. The molecule has 0 saturated heterocycles. The Bertz CT molecular complexity index is 978. The number of carbonyl (C=O) groups excluding carboxylic acids is 2. The Morgan fingerprint density at radius 3 is 2.43 bits per heavy atom. The predicted molar refractivity (Wildman–Crippen MR) is 108 cm³/mol. The highest BCUT2D eigenvalue weighted by Gasteiger charge is 2.20. The molecule has 144 valence electrons. The maximum atomic E-state index is 12.2. The summed E-state index contributed by atoms with van der Waals surface area (Å²) in [5.41, 5.74) is 5.96. The van der Waals surface area contributed by atoms with Crippen LogP contribution in [0.1, 0.15) is 17.3 Å². The number of hydrogen-bond donors (Lipinski definition) is 3. The van der Waals surface area contributed by atoms with Gasteiger partial charge in [-0.2, -0.15) is 0 Å². The molecular formula is C18H17ClN6O2S. The summed E-state index contributed by atoms with van der Waals surface area (Å²) in [6.45, 7) is 1.67. The van der Waals surface area contributed by atoms with Gasteiger partial charge in [0.2, 0.25) is 5.16 Å². The Hall–Kier alpha value is -3.04. The first kappa shape index (κ1) is 19.7. The number of hydrazine groups is 1. The number of aromatic nitrogens is 3. The molecule has 0 aliphatic heterocycles. The van der Waals surface area contributed by atoms with Crippen LogP contribution in [0.5, 0.6) is 0 Å². The number of nitrogen functional groups attached to an aromatic ring is 1. The number of hydrogen-bond acceptors (Lipinski definition) is 6. The second-order valence-electron chi connectivity index (χ2n) is 5.75. The number of nitrogens with one attached hydrogen (secondary N) is 2. The first-order chi connectivity index (χ1) is 13.5. The fourth-order valence-electron chi connectivity index (χ4n) is 2.25. The van der Waals surface area contributed by atoms with E-state index in [1.54, 1.807) is 61.5 Å². The lowest BCUT2D eigenvalue weighted by Crippen LogP contribution is -2.45. The molecule has 0 bridgehead atoms. The van der Waals surface area contributed by atoms with E-state index in [1.165, 1.54) is 4.68 Å². The highest BCUT2D eigenvalue weighted by molar-refractivity contribution is 8.00. The van der Waals surface area contributed by atoms with Gasteiger partial charge in [-0.25, -0.2) is 4.68 Å². The average molecular weight is 417 g/mol. The molecule has 28 heavy (non-hydrogen) atoms. The summed E-state index contributed by atoms with van der Waals surface area (Å²) in [6.07, 6.45) is 0.